The Labute approximate surface area is 123 Å². The smallest absolute Gasteiger partial charge is 0.136 e. The van der Waals surface area contributed by atoms with Gasteiger partial charge in [0.2, 0.25) is 0 Å². The van der Waals surface area contributed by atoms with Crippen LogP contribution in [0.15, 0.2) is 53.4 Å². The summed E-state index contributed by atoms with van der Waals surface area (Å²) in [5.74, 6) is 0.691. The molecular formula is C17H19FOS. The summed E-state index contributed by atoms with van der Waals surface area (Å²) < 4.78 is 13.5. The largest absolute Gasteiger partial charge is 0.388 e. The molecule has 0 saturated heterocycles. The van der Waals surface area contributed by atoms with Crippen molar-refractivity contribution in [1.29, 1.82) is 0 Å². The summed E-state index contributed by atoms with van der Waals surface area (Å²) in [7, 11) is 0. The van der Waals surface area contributed by atoms with Crippen molar-refractivity contribution in [3.8, 4) is 0 Å². The Balaban J connectivity index is 1.98. The second-order valence-electron chi connectivity index (χ2n) is 5.08. The minimum Gasteiger partial charge on any atom is -0.388 e. The fourth-order valence-corrected chi connectivity index (χ4v) is 2.84. The van der Waals surface area contributed by atoms with E-state index in [0.717, 1.165) is 5.56 Å². The molecule has 2 aromatic carbocycles. The monoisotopic (exact) mass is 290 g/mol. The highest BCUT2D eigenvalue weighted by Gasteiger charge is 2.10. The number of halogens is 1. The molecule has 106 valence electrons. The molecule has 1 N–H and O–H groups in total. The van der Waals surface area contributed by atoms with Gasteiger partial charge in [-0.3, -0.25) is 0 Å². The maximum atomic E-state index is 13.5. The van der Waals surface area contributed by atoms with Crippen molar-refractivity contribution < 1.29 is 9.50 Å². The van der Waals surface area contributed by atoms with E-state index < -0.39 is 6.10 Å². The van der Waals surface area contributed by atoms with Gasteiger partial charge in [-0.05, 0) is 29.2 Å². The first-order valence-corrected chi connectivity index (χ1v) is 7.71. The molecule has 0 saturated carbocycles. The van der Waals surface area contributed by atoms with Gasteiger partial charge in [0.05, 0.1) is 6.10 Å². The topological polar surface area (TPSA) is 20.2 Å². The zero-order chi connectivity index (χ0) is 14.5. The van der Waals surface area contributed by atoms with Crippen LogP contribution >= 0.6 is 11.8 Å². The molecule has 0 fully saturated rings. The molecule has 1 nitrogen and oxygen atoms in total. The van der Waals surface area contributed by atoms with Crippen molar-refractivity contribution in [2.75, 3.05) is 5.75 Å². The predicted molar refractivity (Wildman–Crippen MR) is 82.6 cm³/mol. The SMILES string of the molecule is CC(C)c1ccc(C(O)CSc2ccccc2F)cc1. The van der Waals surface area contributed by atoms with Crippen molar-refractivity contribution in [1.82, 2.24) is 0 Å². The number of hydrogen-bond acceptors (Lipinski definition) is 2. The second kappa shape index (κ2) is 6.91. The van der Waals surface area contributed by atoms with Crippen LogP contribution in [0.4, 0.5) is 4.39 Å². The molecule has 2 rings (SSSR count). The molecule has 0 aliphatic carbocycles. The van der Waals surface area contributed by atoms with Crippen molar-refractivity contribution in [3.05, 3.63) is 65.5 Å². The maximum Gasteiger partial charge on any atom is 0.136 e. The Bertz CT molecular complexity index is 551. The molecule has 0 amide bonds. The van der Waals surface area contributed by atoms with Crippen LogP contribution < -0.4 is 0 Å². The van der Waals surface area contributed by atoms with Crippen LogP contribution in [0, 0.1) is 5.82 Å². The molecule has 0 aromatic heterocycles. The second-order valence-corrected chi connectivity index (χ2v) is 6.14. The first-order valence-electron chi connectivity index (χ1n) is 6.73. The fourth-order valence-electron chi connectivity index (χ4n) is 1.93. The highest BCUT2D eigenvalue weighted by Crippen LogP contribution is 2.27. The molecule has 20 heavy (non-hydrogen) atoms. The van der Waals surface area contributed by atoms with Crippen LogP contribution in [-0.4, -0.2) is 10.9 Å². The van der Waals surface area contributed by atoms with Gasteiger partial charge >= 0.3 is 0 Å². The molecule has 0 spiro atoms. The van der Waals surface area contributed by atoms with Gasteiger partial charge in [0, 0.05) is 10.6 Å². The molecular weight excluding hydrogens is 271 g/mol. The number of aliphatic hydroxyl groups is 1. The van der Waals surface area contributed by atoms with Gasteiger partial charge in [-0.2, -0.15) is 0 Å². The summed E-state index contributed by atoms with van der Waals surface area (Å²) in [6.45, 7) is 4.28. The Morgan fingerprint density at radius 1 is 1.00 bits per heavy atom. The summed E-state index contributed by atoms with van der Waals surface area (Å²) in [5, 5.41) is 10.2. The van der Waals surface area contributed by atoms with E-state index in [2.05, 4.69) is 13.8 Å². The Kier molecular flexibility index (Phi) is 5.21. The van der Waals surface area contributed by atoms with Gasteiger partial charge in [0.15, 0.2) is 0 Å². The highest BCUT2D eigenvalue weighted by molar-refractivity contribution is 7.99. The number of aliphatic hydroxyl groups excluding tert-OH is 1. The normalized spacial score (nSPS) is 12.7. The van der Waals surface area contributed by atoms with Crippen molar-refractivity contribution in [2.45, 2.75) is 30.8 Å². The number of rotatable bonds is 5. The first-order chi connectivity index (χ1) is 9.58. The van der Waals surface area contributed by atoms with E-state index >= 15 is 0 Å². The van der Waals surface area contributed by atoms with Gasteiger partial charge in [-0.15, -0.1) is 11.8 Å². The summed E-state index contributed by atoms with van der Waals surface area (Å²) >= 11 is 1.34. The lowest BCUT2D eigenvalue weighted by atomic mass is 10.0. The van der Waals surface area contributed by atoms with E-state index in [1.165, 1.54) is 23.4 Å². The molecule has 3 heteroatoms. The van der Waals surface area contributed by atoms with E-state index in [-0.39, 0.29) is 5.82 Å². The maximum absolute atomic E-state index is 13.5. The van der Waals surface area contributed by atoms with E-state index in [1.54, 1.807) is 18.2 Å². The first kappa shape index (κ1) is 15.1. The van der Waals surface area contributed by atoms with Crippen molar-refractivity contribution >= 4 is 11.8 Å². The number of thioether (sulfide) groups is 1. The van der Waals surface area contributed by atoms with Gasteiger partial charge in [0.25, 0.3) is 0 Å². The van der Waals surface area contributed by atoms with E-state index in [4.69, 9.17) is 0 Å². The molecule has 0 radical (unpaired) electrons. The fraction of sp³-hybridized carbons (Fsp3) is 0.294. The van der Waals surface area contributed by atoms with Crippen LogP contribution in [0.25, 0.3) is 0 Å². The lowest BCUT2D eigenvalue weighted by molar-refractivity contribution is 0.204. The van der Waals surface area contributed by atoms with Gasteiger partial charge < -0.3 is 5.11 Å². The standard InChI is InChI=1S/C17H19FOS/c1-12(2)13-7-9-14(10-8-13)16(19)11-20-17-6-4-3-5-15(17)18/h3-10,12,16,19H,11H2,1-2H3. The zero-order valence-corrected chi connectivity index (χ0v) is 12.5. The number of benzene rings is 2. The van der Waals surface area contributed by atoms with E-state index in [1.807, 2.05) is 24.3 Å². The third-order valence-electron chi connectivity index (χ3n) is 3.22. The summed E-state index contributed by atoms with van der Waals surface area (Å²) in [4.78, 5) is 0.574. The average Bonchev–Trinajstić information content (AvgIpc) is 2.46. The Morgan fingerprint density at radius 2 is 1.60 bits per heavy atom. The summed E-state index contributed by atoms with van der Waals surface area (Å²) in [6.07, 6.45) is -0.583. The van der Waals surface area contributed by atoms with Crippen molar-refractivity contribution in [3.63, 3.8) is 0 Å². The van der Waals surface area contributed by atoms with Gasteiger partial charge in [-0.1, -0.05) is 50.2 Å². The molecule has 0 aliphatic rings. The molecule has 0 aliphatic heterocycles. The minimum absolute atomic E-state index is 0.236. The van der Waals surface area contributed by atoms with Crippen molar-refractivity contribution in [2.24, 2.45) is 0 Å². The summed E-state index contributed by atoms with van der Waals surface area (Å²) in [5.41, 5.74) is 2.13. The third kappa shape index (κ3) is 3.84. The molecule has 0 heterocycles. The van der Waals surface area contributed by atoms with Crippen LogP contribution in [0.2, 0.25) is 0 Å². The van der Waals surface area contributed by atoms with Gasteiger partial charge in [-0.25, -0.2) is 4.39 Å². The van der Waals surface area contributed by atoms with Crippen LogP contribution in [0.5, 0.6) is 0 Å². The quantitative estimate of drug-likeness (QED) is 0.800. The van der Waals surface area contributed by atoms with E-state index in [0.29, 0.717) is 16.6 Å². The Hall–Kier alpha value is -1.32. The average molecular weight is 290 g/mol. The lowest BCUT2D eigenvalue weighted by Crippen LogP contribution is -2.01. The van der Waals surface area contributed by atoms with Crippen LogP contribution in [0.3, 0.4) is 0 Å². The highest BCUT2D eigenvalue weighted by atomic mass is 32.2. The number of hydrogen-bond donors (Lipinski definition) is 1. The lowest BCUT2D eigenvalue weighted by Gasteiger charge is -2.12. The predicted octanol–water partition coefficient (Wildman–Crippen LogP) is 4.77. The molecule has 1 atom stereocenters. The molecule has 0 bridgehead atoms. The van der Waals surface area contributed by atoms with Crippen LogP contribution in [-0.2, 0) is 0 Å². The summed E-state index contributed by atoms with van der Waals surface area (Å²) in [6, 6.07) is 14.6. The van der Waals surface area contributed by atoms with E-state index in [9.17, 15) is 9.50 Å². The zero-order valence-electron chi connectivity index (χ0n) is 11.7. The van der Waals surface area contributed by atoms with Gasteiger partial charge in [0.1, 0.15) is 5.82 Å². The third-order valence-corrected chi connectivity index (χ3v) is 4.35. The Morgan fingerprint density at radius 3 is 2.20 bits per heavy atom. The minimum atomic E-state index is -0.583. The molecule has 1 unspecified atom stereocenters. The van der Waals surface area contributed by atoms with Crippen LogP contribution in [0.1, 0.15) is 37.0 Å². The molecule has 2 aromatic rings.